The molecule has 0 bridgehead atoms. The molecule has 3 heteroatoms. The summed E-state index contributed by atoms with van der Waals surface area (Å²) < 4.78 is 0. The van der Waals surface area contributed by atoms with Gasteiger partial charge in [0.05, 0.1) is 0 Å². The molecule has 0 unspecified atom stereocenters. The lowest BCUT2D eigenvalue weighted by Gasteiger charge is -2.28. The van der Waals surface area contributed by atoms with Crippen LogP contribution in [0.2, 0.25) is 0 Å². The van der Waals surface area contributed by atoms with Crippen LogP contribution in [-0.4, -0.2) is 30.9 Å². The van der Waals surface area contributed by atoms with Crippen LogP contribution >= 0.6 is 0 Å². The van der Waals surface area contributed by atoms with Crippen molar-refractivity contribution >= 4 is 22.4 Å². The van der Waals surface area contributed by atoms with Gasteiger partial charge >= 0.3 is 0 Å². The SMILES string of the molecule is CN1CCC(C(=O)Nc2ccc3ccccc3c2)CC1. The summed E-state index contributed by atoms with van der Waals surface area (Å²) in [5, 5.41) is 5.42. The largest absolute Gasteiger partial charge is 0.326 e. The molecule has 0 saturated carbocycles. The molecule has 1 aliphatic heterocycles. The maximum absolute atomic E-state index is 12.3. The Labute approximate surface area is 119 Å². The average Bonchev–Trinajstić information content (AvgIpc) is 2.48. The Bertz CT molecular complexity index is 615. The molecule has 1 fully saturated rings. The predicted molar refractivity (Wildman–Crippen MR) is 82.8 cm³/mol. The number of carbonyl (C=O) groups excluding carboxylic acids is 1. The fourth-order valence-electron chi connectivity index (χ4n) is 2.78. The monoisotopic (exact) mass is 268 g/mol. The molecule has 1 aliphatic rings. The van der Waals surface area contributed by atoms with Gasteiger partial charge in [0.25, 0.3) is 0 Å². The Balaban J connectivity index is 1.71. The van der Waals surface area contributed by atoms with Crippen LogP contribution in [0.1, 0.15) is 12.8 Å². The zero-order valence-electron chi connectivity index (χ0n) is 11.8. The first kappa shape index (κ1) is 13.1. The van der Waals surface area contributed by atoms with Crippen molar-refractivity contribution < 1.29 is 4.79 Å². The number of hydrogen-bond donors (Lipinski definition) is 1. The van der Waals surface area contributed by atoms with Crippen molar-refractivity contribution in [2.24, 2.45) is 5.92 Å². The quantitative estimate of drug-likeness (QED) is 0.907. The van der Waals surface area contributed by atoms with Crippen molar-refractivity contribution in [1.82, 2.24) is 4.90 Å². The van der Waals surface area contributed by atoms with E-state index in [-0.39, 0.29) is 11.8 Å². The van der Waals surface area contributed by atoms with E-state index in [1.54, 1.807) is 0 Å². The van der Waals surface area contributed by atoms with E-state index in [2.05, 4.69) is 35.5 Å². The summed E-state index contributed by atoms with van der Waals surface area (Å²) in [5.41, 5.74) is 0.896. The summed E-state index contributed by atoms with van der Waals surface area (Å²) in [6.45, 7) is 2.02. The van der Waals surface area contributed by atoms with E-state index < -0.39 is 0 Å². The van der Waals surface area contributed by atoms with Gasteiger partial charge in [-0.3, -0.25) is 4.79 Å². The third-order valence-corrected chi connectivity index (χ3v) is 4.11. The summed E-state index contributed by atoms with van der Waals surface area (Å²) in [6, 6.07) is 14.3. The van der Waals surface area contributed by atoms with Gasteiger partial charge in [-0.1, -0.05) is 30.3 Å². The van der Waals surface area contributed by atoms with Crippen LogP contribution in [0, 0.1) is 5.92 Å². The minimum atomic E-state index is 0.151. The standard InChI is InChI=1S/C17H20N2O/c1-19-10-8-14(9-11-19)17(20)18-16-7-6-13-4-2-3-5-15(13)12-16/h2-7,12,14H,8-11H2,1H3,(H,18,20). The van der Waals surface area contributed by atoms with E-state index in [4.69, 9.17) is 0 Å². The molecule has 2 aromatic carbocycles. The highest BCUT2D eigenvalue weighted by Crippen LogP contribution is 2.21. The van der Waals surface area contributed by atoms with Crippen molar-refractivity contribution in [2.75, 3.05) is 25.5 Å². The highest BCUT2D eigenvalue weighted by molar-refractivity contribution is 5.95. The maximum Gasteiger partial charge on any atom is 0.227 e. The number of hydrogen-bond acceptors (Lipinski definition) is 2. The first-order valence-electron chi connectivity index (χ1n) is 7.20. The lowest BCUT2D eigenvalue weighted by Crippen LogP contribution is -2.35. The molecule has 1 N–H and O–H groups in total. The predicted octanol–water partition coefficient (Wildman–Crippen LogP) is 3.12. The van der Waals surface area contributed by atoms with Crippen LogP contribution in [0.4, 0.5) is 5.69 Å². The third kappa shape index (κ3) is 2.83. The van der Waals surface area contributed by atoms with Crippen molar-refractivity contribution in [3.8, 4) is 0 Å². The summed E-state index contributed by atoms with van der Waals surface area (Å²) in [6.07, 6.45) is 1.91. The molecule has 20 heavy (non-hydrogen) atoms. The first-order chi connectivity index (χ1) is 9.72. The Morgan fingerprint density at radius 3 is 2.55 bits per heavy atom. The number of likely N-dealkylation sites (tertiary alicyclic amines) is 1. The molecule has 0 atom stereocenters. The number of carbonyl (C=O) groups is 1. The van der Waals surface area contributed by atoms with Crippen molar-refractivity contribution in [3.05, 3.63) is 42.5 Å². The van der Waals surface area contributed by atoms with Crippen LogP contribution in [0.5, 0.6) is 0 Å². The second-order valence-electron chi connectivity index (χ2n) is 5.63. The fourth-order valence-corrected chi connectivity index (χ4v) is 2.78. The van der Waals surface area contributed by atoms with Crippen LogP contribution in [-0.2, 0) is 4.79 Å². The molecule has 0 spiro atoms. The lowest BCUT2D eigenvalue weighted by atomic mass is 9.96. The summed E-state index contributed by atoms with van der Waals surface area (Å²) in [4.78, 5) is 14.6. The lowest BCUT2D eigenvalue weighted by molar-refractivity contribution is -0.121. The van der Waals surface area contributed by atoms with Crippen LogP contribution in [0.15, 0.2) is 42.5 Å². The summed E-state index contributed by atoms with van der Waals surface area (Å²) in [5.74, 6) is 0.311. The van der Waals surface area contributed by atoms with Gasteiger partial charge in [-0.2, -0.15) is 0 Å². The van der Waals surface area contributed by atoms with Gasteiger partial charge in [-0.05, 0) is 55.9 Å². The molecule has 104 valence electrons. The van der Waals surface area contributed by atoms with Gasteiger partial charge in [0.1, 0.15) is 0 Å². The number of rotatable bonds is 2. The maximum atomic E-state index is 12.3. The van der Waals surface area contributed by atoms with Gasteiger partial charge in [0, 0.05) is 11.6 Å². The molecule has 1 amide bonds. The zero-order chi connectivity index (χ0) is 13.9. The Hall–Kier alpha value is -1.87. The van der Waals surface area contributed by atoms with Crippen LogP contribution in [0.3, 0.4) is 0 Å². The van der Waals surface area contributed by atoms with Gasteiger partial charge in [-0.25, -0.2) is 0 Å². The average molecular weight is 268 g/mol. The molecule has 0 aromatic heterocycles. The van der Waals surface area contributed by atoms with E-state index in [9.17, 15) is 4.79 Å². The molecule has 1 heterocycles. The van der Waals surface area contributed by atoms with Gasteiger partial charge in [0.2, 0.25) is 5.91 Å². The minimum Gasteiger partial charge on any atom is -0.326 e. The van der Waals surface area contributed by atoms with Crippen molar-refractivity contribution in [3.63, 3.8) is 0 Å². The minimum absolute atomic E-state index is 0.151. The van der Waals surface area contributed by atoms with Gasteiger partial charge in [0.15, 0.2) is 0 Å². The topological polar surface area (TPSA) is 32.3 Å². The highest BCUT2D eigenvalue weighted by Gasteiger charge is 2.23. The second-order valence-corrected chi connectivity index (χ2v) is 5.63. The number of nitrogens with zero attached hydrogens (tertiary/aromatic N) is 1. The van der Waals surface area contributed by atoms with Crippen molar-refractivity contribution in [1.29, 1.82) is 0 Å². The smallest absolute Gasteiger partial charge is 0.227 e. The third-order valence-electron chi connectivity index (χ3n) is 4.11. The molecule has 0 aliphatic carbocycles. The van der Waals surface area contributed by atoms with Crippen LogP contribution < -0.4 is 5.32 Å². The number of nitrogens with one attached hydrogen (secondary N) is 1. The van der Waals surface area contributed by atoms with E-state index in [1.807, 2.05) is 24.3 Å². The molecular weight excluding hydrogens is 248 g/mol. The molecular formula is C17H20N2O. The molecule has 1 saturated heterocycles. The number of fused-ring (bicyclic) bond motifs is 1. The fraction of sp³-hybridized carbons (Fsp3) is 0.353. The molecule has 3 nitrogen and oxygen atoms in total. The second kappa shape index (κ2) is 5.63. The van der Waals surface area contributed by atoms with E-state index in [0.29, 0.717) is 0 Å². The number of anilines is 1. The Kier molecular flexibility index (Phi) is 3.70. The van der Waals surface area contributed by atoms with Crippen molar-refractivity contribution in [2.45, 2.75) is 12.8 Å². The molecule has 2 aromatic rings. The van der Waals surface area contributed by atoms with E-state index in [0.717, 1.165) is 37.0 Å². The number of piperidine rings is 1. The Morgan fingerprint density at radius 1 is 1.10 bits per heavy atom. The van der Waals surface area contributed by atoms with Gasteiger partial charge < -0.3 is 10.2 Å². The zero-order valence-corrected chi connectivity index (χ0v) is 11.8. The first-order valence-corrected chi connectivity index (χ1v) is 7.20. The van der Waals surface area contributed by atoms with E-state index >= 15 is 0 Å². The number of amides is 1. The van der Waals surface area contributed by atoms with E-state index in [1.165, 1.54) is 5.39 Å². The summed E-state index contributed by atoms with van der Waals surface area (Å²) >= 11 is 0. The molecule has 3 rings (SSSR count). The normalized spacial score (nSPS) is 17.2. The molecule has 0 radical (unpaired) electrons. The number of benzene rings is 2. The van der Waals surface area contributed by atoms with Gasteiger partial charge in [-0.15, -0.1) is 0 Å². The van der Waals surface area contributed by atoms with Crippen LogP contribution in [0.25, 0.3) is 10.8 Å². The highest BCUT2D eigenvalue weighted by atomic mass is 16.1. The summed E-state index contributed by atoms with van der Waals surface area (Å²) in [7, 11) is 2.11. The Morgan fingerprint density at radius 2 is 1.80 bits per heavy atom.